The van der Waals surface area contributed by atoms with Gasteiger partial charge in [-0.15, -0.1) is 12.6 Å². The number of hydrogen-bond donors (Lipinski definition) is 4. The molecular formula is C7H12N2O2S2. The average Bonchev–Trinajstić information content (AvgIpc) is 2.14. The Morgan fingerprint density at radius 3 is 2.54 bits per heavy atom. The van der Waals surface area contributed by atoms with Crippen LogP contribution >= 0.6 is 25.3 Å². The molecule has 1 atom stereocenters. The molecule has 0 aliphatic heterocycles. The van der Waals surface area contributed by atoms with Crippen molar-refractivity contribution in [3.05, 3.63) is 11.0 Å². The SMILES string of the molecule is CC=C(S)C(=O)NC(=O)[C@@H](N)CS. The number of nitrogens with one attached hydrogen (secondary N) is 1. The molecule has 0 radical (unpaired) electrons. The Balaban J connectivity index is 4.15. The standard InChI is InChI=1S/C7H12N2O2S2/c1-2-5(13)7(11)9-6(10)4(8)3-12/h2,4,12-13H,3,8H2,1H3,(H,9,10,11)/t4-/m0/s1. The van der Waals surface area contributed by atoms with Crippen molar-refractivity contribution < 1.29 is 9.59 Å². The third-order valence-corrected chi connectivity index (χ3v) is 2.13. The van der Waals surface area contributed by atoms with Crippen LogP contribution in [0.15, 0.2) is 11.0 Å². The van der Waals surface area contributed by atoms with E-state index in [-0.39, 0.29) is 10.7 Å². The van der Waals surface area contributed by atoms with Gasteiger partial charge in [0.15, 0.2) is 0 Å². The van der Waals surface area contributed by atoms with Crippen LogP contribution in [-0.4, -0.2) is 23.6 Å². The summed E-state index contributed by atoms with van der Waals surface area (Å²) in [5, 5.41) is 2.08. The van der Waals surface area contributed by atoms with Gasteiger partial charge in [0.05, 0.1) is 10.9 Å². The molecule has 0 heterocycles. The number of hydrogen-bond acceptors (Lipinski definition) is 5. The second-order valence-electron chi connectivity index (χ2n) is 2.28. The fraction of sp³-hybridized carbons (Fsp3) is 0.429. The van der Waals surface area contributed by atoms with Crippen LogP contribution < -0.4 is 11.1 Å². The summed E-state index contributed by atoms with van der Waals surface area (Å²) >= 11 is 7.66. The number of amides is 2. The topological polar surface area (TPSA) is 72.2 Å². The van der Waals surface area contributed by atoms with Gasteiger partial charge in [0, 0.05) is 5.75 Å². The summed E-state index contributed by atoms with van der Waals surface area (Å²) < 4.78 is 0. The summed E-state index contributed by atoms with van der Waals surface area (Å²) in [6, 6.07) is -0.773. The van der Waals surface area contributed by atoms with Gasteiger partial charge >= 0.3 is 0 Å². The summed E-state index contributed by atoms with van der Waals surface area (Å²) in [6.45, 7) is 1.64. The largest absolute Gasteiger partial charge is 0.319 e. The zero-order valence-corrected chi connectivity index (χ0v) is 8.94. The highest BCUT2D eigenvalue weighted by Gasteiger charge is 2.15. The van der Waals surface area contributed by atoms with Crippen LogP contribution in [-0.2, 0) is 9.59 Å². The zero-order valence-electron chi connectivity index (χ0n) is 7.15. The highest BCUT2D eigenvalue weighted by molar-refractivity contribution is 7.85. The van der Waals surface area contributed by atoms with Gasteiger partial charge in [-0.3, -0.25) is 14.9 Å². The van der Waals surface area contributed by atoms with E-state index in [4.69, 9.17) is 5.73 Å². The molecule has 0 aliphatic carbocycles. The van der Waals surface area contributed by atoms with Crippen molar-refractivity contribution in [2.45, 2.75) is 13.0 Å². The first-order chi connectivity index (χ1) is 6.02. The molecule has 3 N–H and O–H groups in total. The van der Waals surface area contributed by atoms with Gasteiger partial charge in [-0.1, -0.05) is 6.08 Å². The fourth-order valence-electron chi connectivity index (χ4n) is 0.483. The number of allylic oxidation sites excluding steroid dienone is 1. The third kappa shape index (κ3) is 4.35. The van der Waals surface area contributed by atoms with Crippen molar-refractivity contribution in [1.29, 1.82) is 0 Å². The predicted octanol–water partition coefficient (Wildman–Crippen LogP) is -0.280. The van der Waals surface area contributed by atoms with E-state index in [2.05, 4.69) is 30.6 Å². The molecule has 0 bridgehead atoms. The van der Waals surface area contributed by atoms with Gasteiger partial charge in [0.25, 0.3) is 5.91 Å². The van der Waals surface area contributed by atoms with Gasteiger partial charge in [0.2, 0.25) is 5.91 Å². The lowest BCUT2D eigenvalue weighted by Crippen LogP contribution is -2.44. The maximum atomic E-state index is 11.0. The smallest absolute Gasteiger partial charge is 0.263 e. The van der Waals surface area contributed by atoms with Crippen LogP contribution in [0.4, 0.5) is 0 Å². The molecule has 6 heteroatoms. The van der Waals surface area contributed by atoms with Gasteiger partial charge in [-0.25, -0.2) is 0 Å². The Hall–Kier alpha value is -0.460. The van der Waals surface area contributed by atoms with E-state index in [1.165, 1.54) is 6.08 Å². The molecule has 0 aromatic carbocycles. The number of thiol groups is 2. The second kappa shape index (κ2) is 6.06. The van der Waals surface area contributed by atoms with E-state index < -0.39 is 17.9 Å². The number of nitrogens with two attached hydrogens (primary N) is 1. The van der Waals surface area contributed by atoms with E-state index in [0.29, 0.717) is 0 Å². The molecule has 0 aromatic rings. The van der Waals surface area contributed by atoms with Crippen LogP contribution in [0.25, 0.3) is 0 Å². The van der Waals surface area contributed by atoms with Gasteiger partial charge < -0.3 is 5.73 Å². The van der Waals surface area contributed by atoms with E-state index >= 15 is 0 Å². The van der Waals surface area contributed by atoms with E-state index in [1.54, 1.807) is 6.92 Å². The lowest BCUT2D eigenvalue weighted by Gasteiger charge is -2.07. The summed E-state index contributed by atoms with van der Waals surface area (Å²) in [7, 11) is 0. The first-order valence-electron chi connectivity index (χ1n) is 3.59. The number of carbonyl (C=O) groups excluding carboxylic acids is 2. The Kier molecular flexibility index (Phi) is 5.85. The highest BCUT2D eigenvalue weighted by atomic mass is 32.1. The van der Waals surface area contributed by atoms with Crippen molar-refractivity contribution >= 4 is 37.1 Å². The zero-order chi connectivity index (χ0) is 10.4. The normalized spacial score (nSPS) is 13.7. The number of rotatable bonds is 3. The molecule has 0 fully saturated rings. The Morgan fingerprint density at radius 1 is 1.62 bits per heavy atom. The van der Waals surface area contributed by atoms with Gasteiger partial charge in [-0.2, -0.15) is 12.6 Å². The predicted molar refractivity (Wildman–Crippen MR) is 57.7 cm³/mol. The molecule has 0 aliphatic rings. The summed E-state index contributed by atoms with van der Waals surface area (Å²) in [5.74, 6) is -0.905. The minimum atomic E-state index is -0.773. The minimum Gasteiger partial charge on any atom is -0.319 e. The average molecular weight is 220 g/mol. The molecular weight excluding hydrogens is 208 g/mol. The molecule has 0 aromatic heterocycles. The molecule has 0 unspecified atom stereocenters. The van der Waals surface area contributed by atoms with Crippen molar-refractivity contribution in [1.82, 2.24) is 5.32 Å². The fourth-order valence-corrected chi connectivity index (χ4v) is 0.704. The monoisotopic (exact) mass is 220 g/mol. The third-order valence-electron chi connectivity index (χ3n) is 1.28. The van der Waals surface area contributed by atoms with E-state index in [0.717, 1.165) is 0 Å². The van der Waals surface area contributed by atoms with Crippen molar-refractivity contribution in [3.63, 3.8) is 0 Å². The van der Waals surface area contributed by atoms with Gasteiger partial charge in [-0.05, 0) is 6.92 Å². The Morgan fingerprint density at radius 2 is 2.15 bits per heavy atom. The van der Waals surface area contributed by atoms with Crippen LogP contribution in [0.3, 0.4) is 0 Å². The van der Waals surface area contributed by atoms with E-state index in [1.807, 2.05) is 0 Å². The first kappa shape index (κ1) is 12.5. The Bertz CT molecular complexity index is 241. The molecule has 0 spiro atoms. The van der Waals surface area contributed by atoms with Crippen LogP contribution in [0.5, 0.6) is 0 Å². The molecule has 4 nitrogen and oxygen atoms in total. The van der Waals surface area contributed by atoms with Gasteiger partial charge in [0.1, 0.15) is 0 Å². The first-order valence-corrected chi connectivity index (χ1v) is 4.67. The van der Waals surface area contributed by atoms with Crippen LogP contribution in [0, 0.1) is 0 Å². The quantitative estimate of drug-likeness (QED) is 0.390. The molecule has 0 saturated heterocycles. The summed E-state index contributed by atoms with van der Waals surface area (Å²) in [5.41, 5.74) is 5.32. The lowest BCUT2D eigenvalue weighted by atomic mass is 10.3. The number of imide groups is 1. The minimum absolute atomic E-state index is 0.180. The molecule has 0 rings (SSSR count). The summed E-state index contributed by atoms with van der Waals surface area (Å²) in [4.78, 5) is 22.3. The molecule has 13 heavy (non-hydrogen) atoms. The second-order valence-corrected chi connectivity index (χ2v) is 3.13. The Labute approximate surface area is 87.8 Å². The van der Waals surface area contributed by atoms with Crippen molar-refractivity contribution in [2.24, 2.45) is 5.73 Å². The maximum absolute atomic E-state index is 11.0. The molecule has 0 saturated carbocycles. The van der Waals surface area contributed by atoms with Crippen molar-refractivity contribution in [3.8, 4) is 0 Å². The summed E-state index contributed by atoms with van der Waals surface area (Å²) in [6.07, 6.45) is 1.48. The maximum Gasteiger partial charge on any atom is 0.263 e. The van der Waals surface area contributed by atoms with Crippen LogP contribution in [0.1, 0.15) is 6.92 Å². The number of carbonyl (C=O) groups is 2. The molecule has 2 amide bonds. The van der Waals surface area contributed by atoms with Crippen molar-refractivity contribution in [2.75, 3.05) is 5.75 Å². The highest BCUT2D eigenvalue weighted by Crippen LogP contribution is 1.98. The molecule has 74 valence electrons. The lowest BCUT2D eigenvalue weighted by molar-refractivity contribution is -0.128. The van der Waals surface area contributed by atoms with Crippen LogP contribution in [0.2, 0.25) is 0 Å². The van der Waals surface area contributed by atoms with E-state index in [9.17, 15) is 9.59 Å².